The van der Waals surface area contributed by atoms with Gasteiger partial charge in [-0.05, 0) is 58.4 Å². The Bertz CT molecular complexity index is 1020. The van der Waals surface area contributed by atoms with Gasteiger partial charge in [-0.2, -0.15) is 0 Å². The summed E-state index contributed by atoms with van der Waals surface area (Å²) in [5, 5.41) is 3.87. The number of nitrogens with one attached hydrogen (secondary N) is 1. The number of benzene rings is 1. The number of hydrogen-bond donors (Lipinski definition) is 1. The van der Waals surface area contributed by atoms with E-state index in [-0.39, 0.29) is 5.91 Å². The smallest absolute Gasteiger partial charge is 0.257 e. The largest absolute Gasteiger partial charge is 0.317 e. The molecule has 1 aliphatic rings. The number of rotatable bonds is 2. The van der Waals surface area contributed by atoms with E-state index in [9.17, 15) is 4.79 Å². The molecule has 2 aromatic heterocycles. The third-order valence-corrected chi connectivity index (χ3v) is 4.69. The van der Waals surface area contributed by atoms with Gasteiger partial charge < -0.3 is 9.88 Å². The number of carbonyl (C=O) groups is 1. The second-order valence-electron chi connectivity index (χ2n) is 5.49. The standard InChI is InChI=1S/C18H10BrCl2N3O/c19-10-4-15-16(18(25)23-17(15)22-9-10)8-13-2-1-3-24(13)14-6-11(20)5-12(21)7-14/h1-9H,(H,22,23,25). The Balaban J connectivity index is 1.83. The fourth-order valence-corrected chi connectivity index (χ4v) is 3.60. The van der Waals surface area contributed by atoms with Crippen molar-refractivity contribution in [3.63, 3.8) is 0 Å². The van der Waals surface area contributed by atoms with Gasteiger partial charge in [-0.3, -0.25) is 4.79 Å². The number of aromatic nitrogens is 2. The van der Waals surface area contributed by atoms with E-state index in [4.69, 9.17) is 23.2 Å². The van der Waals surface area contributed by atoms with Gasteiger partial charge in [0.15, 0.2) is 0 Å². The topological polar surface area (TPSA) is 46.9 Å². The van der Waals surface area contributed by atoms with E-state index in [1.807, 2.05) is 47.2 Å². The SMILES string of the molecule is O=C1Nc2ncc(Br)cc2C1=Cc1cccn1-c1cc(Cl)cc(Cl)c1. The summed E-state index contributed by atoms with van der Waals surface area (Å²) < 4.78 is 2.73. The maximum Gasteiger partial charge on any atom is 0.257 e. The van der Waals surface area contributed by atoms with Crippen molar-refractivity contribution in [3.8, 4) is 5.69 Å². The zero-order chi connectivity index (χ0) is 17.6. The highest BCUT2D eigenvalue weighted by Crippen LogP contribution is 2.34. The molecule has 0 aliphatic carbocycles. The van der Waals surface area contributed by atoms with Crippen LogP contribution in [0.4, 0.5) is 5.82 Å². The Morgan fingerprint density at radius 2 is 1.92 bits per heavy atom. The Morgan fingerprint density at radius 3 is 2.68 bits per heavy atom. The van der Waals surface area contributed by atoms with Gasteiger partial charge in [0.25, 0.3) is 5.91 Å². The molecule has 1 aliphatic heterocycles. The van der Waals surface area contributed by atoms with Gasteiger partial charge in [-0.1, -0.05) is 23.2 Å². The van der Waals surface area contributed by atoms with Crippen molar-refractivity contribution in [3.05, 3.63) is 74.6 Å². The second kappa shape index (κ2) is 6.33. The molecule has 0 fully saturated rings. The lowest BCUT2D eigenvalue weighted by molar-refractivity contribution is -0.110. The van der Waals surface area contributed by atoms with Crippen LogP contribution in [0.3, 0.4) is 0 Å². The number of carbonyl (C=O) groups excluding carboxylic acids is 1. The van der Waals surface area contributed by atoms with Crippen molar-refractivity contribution in [1.82, 2.24) is 9.55 Å². The van der Waals surface area contributed by atoms with E-state index in [2.05, 4.69) is 26.2 Å². The summed E-state index contributed by atoms with van der Waals surface area (Å²) in [5.41, 5.74) is 2.96. The number of pyridine rings is 1. The van der Waals surface area contributed by atoms with Crippen LogP contribution in [0.25, 0.3) is 17.3 Å². The molecule has 4 nitrogen and oxygen atoms in total. The van der Waals surface area contributed by atoms with Crippen molar-refractivity contribution < 1.29 is 4.79 Å². The molecular weight excluding hydrogens is 425 g/mol. The van der Waals surface area contributed by atoms with Crippen molar-refractivity contribution in [2.45, 2.75) is 0 Å². The van der Waals surface area contributed by atoms with Gasteiger partial charge in [0.2, 0.25) is 0 Å². The van der Waals surface area contributed by atoms with Crippen LogP contribution >= 0.6 is 39.1 Å². The maximum atomic E-state index is 12.3. The minimum Gasteiger partial charge on any atom is -0.317 e. The zero-order valence-corrected chi connectivity index (χ0v) is 15.7. The molecule has 7 heteroatoms. The monoisotopic (exact) mass is 433 g/mol. The summed E-state index contributed by atoms with van der Waals surface area (Å²) in [6, 6.07) is 11.0. The Hall–Kier alpha value is -2.08. The van der Waals surface area contributed by atoms with Crippen molar-refractivity contribution in [2.75, 3.05) is 5.32 Å². The normalized spacial score (nSPS) is 14.7. The predicted octanol–water partition coefficient (Wildman–Crippen LogP) is 5.43. The third-order valence-electron chi connectivity index (χ3n) is 3.82. The molecule has 1 N–H and O–H groups in total. The Morgan fingerprint density at radius 1 is 1.16 bits per heavy atom. The van der Waals surface area contributed by atoms with Crippen molar-refractivity contribution in [2.24, 2.45) is 0 Å². The summed E-state index contributed by atoms with van der Waals surface area (Å²) >= 11 is 15.6. The molecule has 0 atom stereocenters. The number of nitrogens with zero attached hydrogens (tertiary/aromatic N) is 2. The van der Waals surface area contributed by atoms with Gasteiger partial charge in [0.1, 0.15) is 5.82 Å². The van der Waals surface area contributed by atoms with E-state index in [0.717, 1.165) is 21.4 Å². The number of amides is 1. The molecule has 1 aromatic carbocycles. The zero-order valence-electron chi connectivity index (χ0n) is 12.6. The van der Waals surface area contributed by atoms with Gasteiger partial charge in [-0.25, -0.2) is 4.98 Å². The highest BCUT2D eigenvalue weighted by Gasteiger charge is 2.25. The first-order valence-corrected chi connectivity index (χ1v) is 8.89. The van der Waals surface area contributed by atoms with Gasteiger partial charge in [-0.15, -0.1) is 0 Å². The first-order valence-electron chi connectivity index (χ1n) is 7.34. The number of halogens is 3. The lowest BCUT2D eigenvalue weighted by atomic mass is 10.1. The van der Waals surface area contributed by atoms with Crippen molar-refractivity contribution in [1.29, 1.82) is 0 Å². The van der Waals surface area contributed by atoms with E-state index in [1.165, 1.54) is 0 Å². The van der Waals surface area contributed by atoms with Crippen LogP contribution in [0.15, 0.2) is 53.3 Å². The van der Waals surface area contributed by atoms with Crippen LogP contribution < -0.4 is 5.32 Å². The summed E-state index contributed by atoms with van der Waals surface area (Å²) in [7, 11) is 0. The summed E-state index contributed by atoms with van der Waals surface area (Å²) in [5.74, 6) is 0.376. The van der Waals surface area contributed by atoms with Crippen LogP contribution in [0.5, 0.6) is 0 Å². The molecule has 124 valence electrons. The van der Waals surface area contributed by atoms with Crippen LogP contribution in [-0.2, 0) is 4.79 Å². The molecule has 3 heterocycles. The average Bonchev–Trinajstić information content (AvgIpc) is 3.12. The van der Waals surface area contributed by atoms with Crippen LogP contribution in [0.1, 0.15) is 11.3 Å². The minimum atomic E-state index is -0.183. The van der Waals surface area contributed by atoms with Crippen LogP contribution in [0, 0.1) is 0 Å². The summed E-state index contributed by atoms with van der Waals surface area (Å²) in [6.45, 7) is 0. The van der Waals surface area contributed by atoms with E-state index in [1.54, 1.807) is 12.3 Å². The van der Waals surface area contributed by atoms with Crippen LogP contribution in [-0.4, -0.2) is 15.5 Å². The van der Waals surface area contributed by atoms with Gasteiger partial charge >= 0.3 is 0 Å². The highest BCUT2D eigenvalue weighted by atomic mass is 79.9. The molecule has 0 bridgehead atoms. The second-order valence-corrected chi connectivity index (χ2v) is 7.28. The third kappa shape index (κ3) is 3.11. The van der Waals surface area contributed by atoms with Crippen molar-refractivity contribution >= 4 is 62.5 Å². The maximum absolute atomic E-state index is 12.3. The molecule has 0 saturated carbocycles. The van der Waals surface area contributed by atoms with E-state index in [0.29, 0.717) is 21.4 Å². The molecule has 25 heavy (non-hydrogen) atoms. The van der Waals surface area contributed by atoms with Crippen LogP contribution in [0.2, 0.25) is 10.0 Å². The lowest BCUT2D eigenvalue weighted by Gasteiger charge is -2.08. The molecule has 4 rings (SSSR count). The highest BCUT2D eigenvalue weighted by molar-refractivity contribution is 9.10. The average molecular weight is 435 g/mol. The molecule has 0 radical (unpaired) electrons. The Labute approximate surface area is 162 Å². The number of hydrogen-bond acceptors (Lipinski definition) is 2. The molecule has 1 amide bonds. The van der Waals surface area contributed by atoms with Gasteiger partial charge in [0, 0.05) is 43.9 Å². The first kappa shape index (κ1) is 16.4. The molecule has 0 saturated heterocycles. The minimum absolute atomic E-state index is 0.183. The summed E-state index contributed by atoms with van der Waals surface area (Å²) in [6.07, 6.45) is 5.37. The molecular formula is C18H10BrCl2N3O. The fourth-order valence-electron chi connectivity index (χ4n) is 2.76. The summed E-state index contributed by atoms with van der Waals surface area (Å²) in [4.78, 5) is 16.6. The lowest BCUT2D eigenvalue weighted by Crippen LogP contribution is -2.04. The Kier molecular flexibility index (Phi) is 4.15. The number of fused-ring (bicyclic) bond motifs is 1. The molecule has 0 unspecified atom stereocenters. The molecule has 0 spiro atoms. The predicted molar refractivity (Wildman–Crippen MR) is 104 cm³/mol. The van der Waals surface area contributed by atoms with E-state index < -0.39 is 0 Å². The quantitative estimate of drug-likeness (QED) is 0.546. The fraction of sp³-hybridized carbons (Fsp3) is 0. The van der Waals surface area contributed by atoms with E-state index >= 15 is 0 Å². The molecule has 3 aromatic rings. The first-order chi connectivity index (χ1) is 12.0. The van der Waals surface area contributed by atoms with Gasteiger partial charge in [0.05, 0.1) is 5.57 Å². The number of anilines is 1.